The summed E-state index contributed by atoms with van der Waals surface area (Å²) in [7, 11) is 0. The number of nitrogens with zero attached hydrogens (tertiary/aromatic N) is 1. The van der Waals surface area contributed by atoms with E-state index in [2.05, 4.69) is 12.2 Å². The van der Waals surface area contributed by atoms with Crippen molar-refractivity contribution in [3.63, 3.8) is 0 Å². The van der Waals surface area contributed by atoms with Crippen LogP contribution in [0.5, 0.6) is 0 Å². The van der Waals surface area contributed by atoms with Crippen molar-refractivity contribution >= 4 is 23.6 Å². The fourth-order valence-corrected chi connectivity index (χ4v) is 4.27. The summed E-state index contributed by atoms with van der Waals surface area (Å²) >= 11 is 1.64. The van der Waals surface area contributed by atoms with Crippen LogP contribution in [0, 0.1) is 0 Å². The van der Waals surface area contributed by atoms with E-state index in [1.165, 1.54) is 0 Å². The van der Waals surface area contributed by atoms with E-state index in [-0.39, 0.29) is 23.8 Å². The zero-order valence-electron chi connectivity index (χ0n) is 14.9. The van der Waals surface area contributed by atoms with Crippen molar-refractivity contribution in [2.75, 3.05) is 11.6 Å². The van der Waals surface area contributed by atoms with Crippen molar-refractivity contribution in [3.05, 3.63) is 71.8 Å². The van der Waals surface area contributed by atoms with E-state index in [0.717, 1.165) is 11.1 Å². The predicted octanol–water partition coefficient (Wildman–Crippen LogP) is 3.40. The summed E-state index contributed by atoms with van der Waals surface area (Å²) in [6.07, 6.45) is 0.424. The second kappa shape index (κ2) is 8.90. The molecular formula is C21H24N2O2S. The van der Waals surface area contributed by atoms with Crippen LogP contribution in [0.2, 0.25) is 0 Å². The molecule has 3 rings (SSSR count). The molecule has 2 atom stereocenters. The van der Waals surface area contributed by atoms with Crippen molar-refractivity contribution in [2.45, 2.75) is 31.8 Å². The minimum Gasteiger partial charge on any atom is -0.350 e. The highest BCUT2D eigenvalue weighted by Gasteiger charge is 2.34. The zero-order valence-corrected chi connectivity index (χ0v) is 15.7. The Hall–Kier alpha value is -2.27. The van der Waals surface area contributed by atoms with Crippen LogP contribution < -0.4 is 5.32 Å². The highest BCUT2D eigenvalue weighted by Crippen LogP contribution is 2.26. The van der Waals surface area contributed by atoms with Crippen LogP contribution in [-0.2, 0) is 16.1 Å². The van der Waals surface area contributed by atoms with Gasteiger partial charge in [0.1, 0.15) is 6.04 Å². The first-order chi connectivity index (χ1) is 12.6. The molecule has 0 aromatic heterocycles. The molecule has 1 heterocycles. The molecule has 136 valence electrons. The number of carbonyl (C=O) groups is 2. The molecule has 1 N–H and O–H groups in total. The summed E-state index contributed by atoms with van der Waals surface area (Å²) in [6, 6.07) is 19.5. The van der Waals surface area contributed by atoms with Gasteiger partial charge in [0.05, 0.1) is 5.88 Å². The molecule has 1 fully saturated rings. The second-order valence-electron chi connectivity index (χ2n) is 6.60. The molecule has 2 aromatic rings. The van der Waals surface area contributed by atoms with Crippen molar-refractivity contribution in [1.82, 2.24) is 10.2 Å². The first-order valence-corrected chi connectivity index (χ1v) is 10.0. The van der Waals surface area contributed by atoms with Gasteiger partial charge in [0.2, 0.25) is 11.8 Å². The summed E-state index contributed by atoms with van der Waals surface area (Å²) in [5, 5.41) is 2.96. The molecule has 1 aliphatic heterocycles. The van der Waals surface area contributed by atoms with Crippen molar-refractivity contribution in [3.8, 4) is 0 Å². The Morgan fingerprint density at radius 2 is 1.77 bits per heavy atom. The topological polar surface area (TPSA) is 49.4 Å². The lowest BCUT2D eigenvalue weighted by molar-refractivity contribution is -0.138. The number of nitrogens with one attached hydrogen (secondary N) is 1. The SMILES string of the molecule is C[C@@H](CC(=O)N1CSC[C@H]1C(=O)NCc1ccccc1)c1ccccc1. The molecule has 1 aliphatic rings. The van der Waals surface area contributed by atoms with Crippen LogP contribution in [0.1, 0.15) is 30.4 Å². The Morgan fingerprint density at radius 3 is 2.46 bits per heavy atom. The lowest BCUT2D eigenvalue weighted by Crippen LogP contribution is -2.47. The minimum atomic E-state index is -0.376. The molecule has 2 amide bonds. The van der Waals surface area contributed by atoms with E-state index in [1.54, 1.807) is 16.7 Å². The number of hydrogen-bond acceptors (Lipinski definition) is 3. The van der Waals surface area contributed by atoms with Gasteiger partial charge in [-0.3, -0.25) is 9.59 Å². The fraction of sp³-hybridized carbons (Fsp3) is 0.333. The van der Waals surface area contributed by atoms with Gasteiger partial charge in [-0.05, 0) is 17.0 Å². The molecule has 0 spiro atoms. The molecule has 26 heavy (non-hydrogen) atoms. The quantitative estimate of drug-likeness (QED) is 0.850. The number of rotatable bonds is 6. The Balaban J connectivity index is 1.56. The third-order valence-corrected chi connectivity index (χ3v) is 5.68. The monoisotopic (exact) mass is 368 g/mol. The number of thioether (sulfide) groups is 1. The molecule has 4 nitrogen and oxygen atoms in total. The average molecular weight is 369 g/mol. The Morgan fingerprint density at radius 1 is 1.12 bits per heavy atom. The van der Waals surface area contributed by atoms with Gasteiger partial charge in [-0.15, -0.1) is 11.8 Å². The lowest BCUT2D eigenvalue weighted by atomic mass is 9.97. The minimum absolute atomic E-state index is 0.0474. The van der Waals surface area contributed by atoms with E-state index in [9.17, 15) is 9.59 Å². The van der Waals surface area contributed by atoms with Crippen molar-refractivity contribution < 1.29 is 9.59 Å². The maximum Gasteiger partial charge on any atom is 0.243 e. The summed E-state index contributed by atoms with van der Waals surface area (Å²) in [5.41, 5.74) is 2.21. The molecule has 0 saturated carbocycles. The average Bonchev–Trinajstić information content (AvgIpc) is 3.17. The Bertz CT molecular complexity index is 736. The van der Waals surface area contributed by atoms with Gasteiger partial charge in [0.15, 0.2) is 0 Å². The highest BCUT2D eigenvalue weighted by molar-refractivity contribution is 7.99. The van der Waals surface area contributed by atoms with Gasteiger partial charge in [0, 0.05) is 18.7 Å². The molecular weight excluding hydrogens is 344 g/mol. The van der Waals surface area contributed by atoms with Gasteiger partial charge in [0.25, 0.3) is 0 Å². The van der Waals surface area contributed by atoms with Crippen LogP contribution in [0.3, 0.4) is 0 Å². The zero-order chi connectivity index (χ0) is 18.4. The van der Waals surface area contributed by atoms with Gasteiger partial charge in [-0.25, -0.2) is 0 Å². The van der Waals surface area contributed by atoms with Crippen LogP contribution in [0.25, 0.3) is 0 Å². The third-order valence-electron chi connectivity index (χ3n) is 4.66. The van der Waals surface area contributed by atoms with Crippen LogP contribution >= 0.6 is 11.8 Å². The lowest BCUT2D eigenvalue weighted by Gasteiger charge is -2.24. The van der Waals surface area contributed by atoms with Gasteiger partial charge in [-0.2, -0.15) is 0 Å². The van der Waals surface area contributed by atoms with E-state index < -0.39 is 0 Å². The number of hydrogen-bond donors (Lipinski definition) is 1. The molecule has 2 aromatic carbocycles. The van der Waals surface area contributed by atoms with Gasteiger partial charge < -0.3 is 10.2 Å². The number of carbonyl (C=O) groups excluding carboxylic acids is 2. The molecule has 1 saturated heterocycles. The smallest absolute Gasteiger partial charge is 0.243 e. The molecule has 5 heteroatoms. The summed E-state index contributed by atoms with van der Waals surface area (Å²) < 4.78 is 0. The van der Waals surface area contributed by atoms with E-state index in [1.807, 2.05) is 60.7 Å². The van der Waals surface area contributed by atoms with Gasteiger partial charge in [-0.1, -0.05) is 67.6 Å². The fourth-order valence-electron chi connectivity index (χ4n) is 3.09. The summed E-state index contributed by atoms with van der Waals surface area (Å²) in [6.45, 7) is 2.55. The third kappa shape index (κ3) is 4.67. The summed E-state index contributed by atoms with van der Waals surface area (Å²) in [5.74, 6) is 1.36. The second-order valence-corrected chi connectivity index (χ2v) is 7.60. The Labute approximate surface area is 159 Å². The van der Waals surface area contributed by atoms with E-state index in [0.29, 0.717) is 24.6 Å². The van der Waals surface area contributed by atoms with Crippen LogP contribution in [0.4, 0.5) is 0 Å². The molecule has 0 aliphatic carbocycles. The highest BCUT2D eigenvalue weighted by atomic mass is 32.2. The molecule has 0 unspecified atom stereocenters. The number of amides is 2. The number of benzene rings is 2. The van der Waals surface area contributed by atoms with E-state index >= 15 is 0 Å². The molecule has 0 radical (unpaired) electrons. The van der Waals surface area contributed by atoms with Gasteiger partial charge >= 0.3 is 0 Å². The standard InChI is InChI=1S/C21H24N2O2S/c1-16(18-10-6-3-7-11-18)12-20(24)23-15-26-14-19(23)21(25)22-13-17-8-4-2-5-9-17/h2-11,16,19H,12-15H2,1H3,(H,22,25)/t16-,19-/m0/s1. The molecule has 0 bridgehead atoms. The van der Waals surface area contributed by atoms with Crippen LogP contribution in [-0.4, -0.2) is 34.4 Å². The summed E-state index contributed by atoms with van der Waals surface area (Å²) in [4.78, 5) is 27.0. The van der Waals surface area contributed by atoms with E-state index in [4.69, 9.17) is 0 Å². The maximum absolute atomic E-state index is 12.8. The first-order valence-electron chi connectivity index (χ1n) is 8.89. The normalized spacial score (nSPS) is 17.7. The Kier molecular flexibility index (Phi) is 6.34. The van der Waals surface area contributed by atoms with Crippen molar-refractivity contribution in [1.29, 1.82) is 0 Å². The largest absolute Gasteiger partial charge is 0.350 e. The van der Waals surface area contributed by atoms with Crippen molar-refractivity contribution in [2.24, 2.45) is 0 Å². The van der Waals surface area contributed by atoms with Crippen LogP contribution in [0.15, 0.2) is 60.7 Å². The maximum atomic E-state index is 12.8. The first kappa shape index (κ1) is 18.5. The predicted molar refractivity (Wildman–Crippen MR) is 106 cm³/mol.